The van der Waals surface area contributed by atoms with Crippen LogP contribution < -0.4 is 0 Å². The Kier molecular flexibility index (Phi) is 5.79. The van der Waals surface area contributed by atoms with Crippen LogP contribution in [-0.4, -0.2) is 44.0 Å². The summed E-state index contributed by atoms with van der Waals surface area (Å²) in [6, 6.07) is 15.3. The number of piperidine rings is 1. The van der Waals surface area contributed by atoms with Gasteiger partial charge in [0.1, 0.15) is 5.78 Å². The molecule has 140 valence electrons. The van der Waals surface area contributed by atoms with E-state index in [9.17, 15) is 4.79 Å². The number of rotatable bonds is 6. The molecule has 2 aromatic carbocycles. The van der Waals surface area contributed by atoms with Gasteiger partial charge in [-0.05, 0) is 41.6 Å². The number of nitrogens with zero attached hydrogens (tertiary/aromatic N) is 1. The molecule has 1 saturated heterocycles. The first kappa shape index (κ1) is 19.1. The Balaban J connectivity index is 1.74. The molecule has 0 amide bonds. The maximum Gasteiger partial charge on any atom is 0.138 e. The molecular formula is C23H31NO2. The smallest absolute Gasteiger partial charge is 0.138 e. The van der Waals surface area contributed by atoms with Crippen LogP contribution in [0.15, 0.2) is 42.5 Å². The third-order valence-corrected chi connectivity index (χ3v) is 5.93. The van der Waals surface area contributed by atoms with E-state index in [2.05, 4.69) is 68.3 Å². The van der Waals surface area contributed by atoms with Crippen LogP contribution in [0, 0.1) is 5.92 Å². The van der Waals surface area contributed by atoms with Gasteiger partial charge >= 0.3 is 0 Å². The maximum atomic E-state index is 13.1. The first-order valence-corrected chi connectivity index (χ1v) is 9.62. The number of hydrogen-bond acceptors (Lipinski definition) is 3. The second-order valence-corrected chi connectivity index (χ2v) is 8.38. The SMILES string of the molecule is COC[C@@H]1CCC(C(=O)CC(C)(C)c2cccc3ccccc23)CN1C. The van der Waals surface area contributed by atoms with Crippen molar-refractivity contribution in [1.29, 1.82) is 0 Å². The van der Waals surface area contributed by atoms with E-state index in [0.29, 0.717) is 18.2 Å². The molecular weight excluding hydrogens is 322 g/mol. The van der Waals surface area contributed by atoms with Gasteiger partial charge in [-0.3, -0.25) is 4.79 Å². The number of methoxy groups -OCH3 is 1. The van der Waals surface area contributed by atoms with E-state index >= 15 is 0 Å². The van der Waals surface area contributed by atoms with E-state index < -0.39 is 0 Å². The van der Waals surface area contributed by atoms with E-state index in [0.717, 1.165) is 26.0 Å². The highest BCUT2D eigenvalue weighted by molar-refractivity contribution is 5.88. The number of Topliss-reactive ketones (excluding diaryl/α,β-unsaturated/α-hetero) is 1. The molecule has 2 aromatic rings. The van der Waals surface area contributed by atoms with E-state index in [1.807, 2.05) is 0 Å². The van der Waals surface area contributed by atoms with Crippen molar-refractivity contribution in [3.63, 3.8) is 0 Å². The number of carbonyl (C=O) groups is 1. The highest BCUT2D eigenvalue weighted by Crippen LogP contribution is 2.35. The predicted molar refractivity (Wildman–Crippen MR) is 108 cm³/mol. The second kappa shape index (κ2) is 7.89. The summed E-state index contributed by atoms with van der Waals surface area (Å²) in [5.74, 6) is 0.535. The lowest BCUT2D eigenvalue weighted by molar-refractivity contribution is -0.126. The molecule has 3 nitrogen and oxygen atoms in total. The van der Waals surface area contributed by atoms with Crippen LogP contribution in [0.1, 0.15) is 38.7 Å². The van der Waals surface area contributed by atoms with Gasteiger partial charge in [-0.1, -0.05) is 56.3 Å². The van der Waals surface area contributed by atoms with Gasteiger partial charge in [-0.15, -0.1) is 0 Å². The van der Waals surface area contributed by atoms with Gasteiger partial charge < -0.3 is 9.64 Å². The summed E-state index contributed by atoms with van der Waals surface area (Å²) in [5.41, 5.74) is 1.10. The molecule has 1 unspecified atom stereocenters. The van der Waals surface area contributed by atoms with Crippen LogP contribution in [0.3, 0.4) is 0 Å². The molecule has 0 bridgehead atoms. The highest BCUT2D eigenvalue weighted by atomic mass is 16.5. The summed E-state index contributed by atoms with van der Waals surface area (Å²) < 4.78 is 5.30. The average Bonchev–Trinajstić information content (AvgIpc) is 2.62. The highest BCUT2D eigenvalue weighted by Gasteiger charge is 2.33. The van der Waals surface area contributed by atoms with Crippen LogP contribution in [0.25, 0.3) is 10.8 Å². The minimum absolute atomic E-state index is 0.141. The fourth-order valence-corrected chi connectivity index (χ4v) is 4.36. The third-order valence-electron chi connectivity index (χ3n) is 5.93. The van der Waals surface area contributed by atoms with E-state index in [1.165, 1.54) is 16.3 Å². The first-order chi connectivity index (χ1) is 12.4. The number of fused-ring (bicyclic) bond motifs is 1. The minimum Gasteiger partial charge on any atom is -0.383 e. The molecule has 0 aliphatic carbocycles. The first-order valence-electron chi connectivity index (χ1n) is 9.62. The van der Waals surface area contributed by atoms with Crippen LogP contribution in [-0.2, 0) is 14.9 Å². The van der Waals surface area contributed by atoms with Crippen molar-refractivity contribution < 1.29 is 9.53 Å². The fourth-order valence-electron chi connectivity index (χ4n) is 4.36. The van der Waals surface area contributed by atoms with Crippen LogP contribution in [0.2, 0.25) is 0 Å². The summed E-state index contributed by atoms with van der Waals surface area (Å²) in [6.45, 7) is 6.00. The number of hydrogen-bond donors (Lipinski definition) is 0. The Morgan fingerprint density at radius 1 is 1.15 bits per heavy atom. The molecule has 0 N–H and O–H groups in total. The van der Waals surface area contributed by atoms with Crippen molar-refractivity contribution in [2.45, 2.75) is 44.6 Å². The molecule has 1 aliphatic heterocycles. The lowest BCUT2D eigenvalue weighted by atomic mass is 9.75. The van der Waals surface area contributed by atoms with Gasteiger partial charge in [0.15, 0.2) is 0 Å². The Bertz CT molecular complexity index is 762. The third kappa shape index (κ3) is 3.99. The van der Waals surface area contributed by atoms with E-state index in [-0.39, 0.29) is 11.3 Å². The van der Waals surface area contributed by atoms with Crippen LogP contribution in [0.5, 0.6) is 0 Å². The zero-order valence-corrected chi connectivity index (χ0v) is 16.5. The Labute approximate surface area is 157 Å². The molecule has 3 heteroatoms. The monoisotopic (exact) mass is 353 g/mol. The fraction of sp³-hybridized carbons (Fsp3) is 0.522. The minimum atomic E-state index is -0.167. The Morgan fingerprint density at radius 3 is 2.62 bits per heavy atom. The van der Waals surface area contributed by atoms with E-state index in [4.69, 9.17) is 4.74 Å². The van der Waals surface area contributed by atoms with Crippen LogP contribution >= 0.6 is 0 Å². The lowest BCUT2D eigenvalue weighted by Gasteiger charge is -2.37. The van der Waals surface area contributed by atoms with Crippen molar-refractivity contribution in [3.8, 4) is 0 Å². The largest absolute Gasteiger partial charge is 0.383 e. The summed E-state index contributed by atoms with van der Waals surface area (Å²) in [7, 11) is 3.86. The average molecular weight is 354 g/mol. The van der Waals surface area contributed by atoms with Crippen LogP contribution in [0.4, 0.5) is 0 Å². The molecule has 1 aliphatic rings. The number of likely N-dealkylation sites (tertiary alicyclic amines) is 1. The van der Waals surface area contributed by atoms with Crippen molar-refractivity contribution in [2.75, 3.05) is 27.3 Å². The van der Waals surface area contributed by atoms with Gasteiger partial charge in [-0.2, -0.15) is 0 Å². The normalized spacial score (nSPS) is 21.8. The molecule has 1 fully saturated rings. The number of ketones is 1. The maximum absolute atomic E-state index is 13.1. The van der Waals surface area contributed by atoms with Gasteiger partial charge in [0.25, 0.3) is 0 Å². The summed E-state index contributed by atoms with van der Waals surface area (Å²) in [4.78, 5) is 15.4. The topological polar surface area (TPSA) is 29.5 Å². The van der Waals surface area contributed by atoms with Crippen molar-refractivity contribution >= 4 is 16.6 Å². The Hall–Kier alpha value is -1.71. The number of carbonyl (C=O) groups excluding carboxylic acids is 1. The molecule has 3 rings (SSSR count). The van der Waals surface area contributed by atoms with Gasteiger partial charge in [0, 0.05) is 32.0 Å². The van der Waals surface area contributed by atoms with E-state index in [1.54, 1.807) is 7.11 Å². The van der Waals surface area contributed by atoms with Gasteiger partial charge in [0.05, 0.1) is 6.61 Å². The zero-order chi connectivity index (χ0) is 18.7. The molecule has 1 heterocycles. The quantitative estimate of drug-likeness (QED) is 0.769. The second-order valence-electron chi connectivity index (χ2n) is 8.38. The van der Waals surface area contributed by atoms with Crippen molar-refractivity contribution in [1.82, 2.24) is 4.90 Å². The summed E-state index contributed by atoms with van der Waals surface area (Å²) in [5, 5.41) is 2.50. The predicted octanol–water partition coefficient (Wildman–Crippen LogP) is 4.43. The molecule has 0 spiro atoms. The molecule has 2 atom stereocenters. The zero-order valence-electron chi connectivity index (χ0n) is 16.5. The summed E-state index contributed by atoms with van der Waals surface area (Å²) in [6.07, 6.45) is 2.60. The Morgan fingerprint density at radius 2 is 1.88 bits per heavy atom. The lowest BCUT2D eigenvalue weighted by Crippen LogP contribution is -2.45. The number of likely N-dealkylation sites (N-methyl/N-ethyl adjacent to an activating group) is 1. The van der Waals surface area contributed by atoms with Crippen molar-refractivity contribution in [3.05, 3.63) is 48.0 Å². The van der Waals surface area contributed by atoms with Gasteiger partial charge in [-0.25, -0.2) is 0 Å². The summed E-state index contributed by atoms with van der Waals surface area (Å²) >= 11 is 0. The molecule has 0 radical (unpaired) electrons. The number of ether oxygens (including phenoxy) is 1. The van der Waals surface area contributed by atoms with Crippen molar-refractivity contribution in [2.24, 2.45) is 5.92 Å². The number of benzene rings is 2. The standard InChI is InChI=1S/C23H31NO2/c1-23(2,21-11-7-9-17-8-5-6-10-20(17)21)14-22(25)18-12-13-19(16-26-4)24(3)15-18/h5-11,18-19H,12-16H2,1-4H3/t18?,19-/m0/s1. The molecule has 26 heavy (non-hydrogen) atoms. The molecule has 0 aromatic heterocycles. The van der Waals surface area contributed by atoms with Gasteiger partial charge in [0.2, 0.25) is 0 Å². The molecule has 0 saturated carbocycles.